The van der Waals surface area contributed by atoms with Gasteiger partial charge in [-0.1, -0.05) is 0 Å². The summed E-state index contributed by atoms with van der Waals surface area (Å²) in [4.78, 5) is 43.7. The molecule has 5 heterocycles. The number of nitrogens with one attached hydrogen (secondary N) is 2. The van der Waals surface area contributed by atoms with Crippen LogP contribution in [0, 0.1) is 18.3 Å². The zero-order chi connectivity index (χ0) is 28.0. The lowest BCUT2D eigenvalue weighted by Gasteiger charge is -2.40. The molecule has 0 radical (unpaired) electrons. The Morgan fingerprint density at radius 2 is 1.93 bits per heavy atom. The highest BCUT2D eigenvalue weighted by atomic mass is 16.5. The van der Waals surface area contributed by atoms with E-state index in [4.69, 9.17) is 9.84 Å². The molecule has 3 N–H and O–H groups in total. The van der Waals surface area contributed by atoms with Crippen molar-refractivity contribution in [3.8, 4) is 6.07 Å². The molecule has 3 aliphatic rings. The van der Waals surface area contributed by atoms with Crippen LogP contribution in [-0.4, -0.2) is 80.1 Å². The summed E-state index contributed by atoms with van der Waals surface area (Å²) >= 11 is 0. The molecule has 12 nitrogen and oxygen atoms in total. The first-order valence-electron chi connectivity index (χ1n) is 13.6. The molecule has 2 bridgehead atoms. The zero-order valence-corrected chi connectivity index (χ0v) is 22.2. The van der Waals surface area contributed by atoms with Crippen LogP contribution in [0.3, 0.4) is 0 Å². The lowest BCUT2D eigenvalue weighted by Crippen LogP contribution is -2.48. The number of piperidine rings is 1. The Balaban J connectivity index is 1.31. The van der Waals surface area contributed by atoms with Gasteiger partial charge in [-0.2, -0.15) is 10.4 Å². The third-order valence-electron chi connectivity index (χ3n) is 8.48. The number of hydrogen-bond donors (Lipinski definition) is 3. The SMILES string of the molecule is Cc1cc(Nc2nn(C3(CC#N)CCN(C(=O)O)CC3)c3cc[nH]c(=O)c23)ccc1C(=O)N1CC2CCC(C1)O2. The van der Waals surface area contributed by atoms with Crippen molar-refractivity contribution in [2.24, 2.45) is 0 Å². The Labute approximate surface area is 230 Å². The molecular weight excluding hydrogens is 514 g/mol. The second kappa shape index (κ2) is 9.98. The van der Waals surface area contributed by atoms with Crippen molar-refractivity contribution >= 4 is 34.4 Å². The maximum Gasteiger partial charge on any atom is 0.407 e. The van der Waals surface area contributed by atoms with Crippen LogP contribution in [0.15, 0.2) is 35.3 Å². The molecule has 6 rings (SSSR count). The number of nitrogens with zero attached hydrogens (tertiary/aromatic N) is 5. The van der Waals surface area contributed by atoms with E-state index < -0.39 is 11.6 Å². The average Bonchev–Trinajstić information content (AvgIpc) is 3.48. The van der Waals surface area contributed by atoms with Gasteiger partial charge in [0.25, 0.3) is 11.5 Å². The van der Waals surface area contributed by atoms with Crippen molar-refractivity contribution in [2.45, 2.75) is 56.8 Å². The van der Waals surface area contributed by atoms with E-state index in [1.807, 2.05) is 17.9 Å². The van der Waals surface area contributed by atoms with Crippen LogP contribution >= 0.6 is 0 Å². The molecule has 0 spiro atoms. The summed E-state index contributed by atoms with van der Waals surface area (Å²) < 4.78 is 7.59. The number of pyridine rings is 1. The van der Waals surface area contributed by atoms with Crippen LogP contribution in [0.4, 0.5) is 16.3 Å². The summed E-state index contributed by atoms with van der Waals surface area (Å²) in [7, 11) is 0. The molecule has 3 aromatic rings. The van der Waals surface area contributed by atoms with Gasteiger partial charge in [0, 0.05) is 43.6 Å². The number of ether oxygens (including phenoxy) is 1. The predicted octanol–water partition coefficient (Wildman–Crippen LogP) is 3.16. The van der Waals surface area contributed by atoms with Gasteiger partial charge in [-0.3, -0.25) is 14.3 Å². The van der Waals surface area contributed by atoms with Gasteiger partial charge in [-0.25, -0.2) is 4.79 Å². The fourth-order valence-electron chi connectivity index (χ4n) is 6.32. The number of morpholine rings is 1. The molecule has 2 aromatic heterocycles. The molecule has 3 saturated heterocycles. The van der Waals surface area contributed by atoms with Crippen LogP contribution in [-0.2, 0) is 10.3 Å². The second-order valence-corrected chi connectivity index (χ2v) is 11.0. The van der Waals surface area contributed by atoms with Gasteiger partial charge >= 0.3 is 6.09 Å². The van der Waals surface area contributed by atoms with Crippen LogP contribution in [0.5, 0.6) is 0 Å². The minimum absolute atomic E-state index is 0.0124. The number of benzene rings is 1. The number of aryl methyl sites for hydroxylation is 1. The lowest BCUT2D eigenvalue weighted by molar-refractivity contribution is -0.0303. The fraction of sp³-hybridized carbons (Fsp3) is 0.464. The van der Waals surface area contributed by atoms with E-state index in [1.165, 1.54) is 4.90 Å². The van der Waals surface area contributed by atoms with Gasteiger partial charge in [-0.05, 0) is 62.4 Å². The minimum atomic E-state index is -0.993. The summed E-state index contributed by atoms with van der Waals surface area (Å²) in [5.74, 6) is 0.319. The van der Waals surface area contributed by atoms with E-state index in [-0.39, 0.29) is 43.2 Å². The fourth-order valence-corrected chi connectivity index (χ4v) is 6.32. The minimum Gasteiger partial charge on any atom is -0.465 e. The van der Waals surface area contributed by atoms with E-state index in [9.17, 15) is 24.8 Å². The Bertz CT molecular complexity index is 1570. The summed E-state index contributed by atoms with van der Waals surface area (Å²) in [5.41, 5.74) is 1.58. The number of rotatable bonds is 5. The molecule has 0 aliphatic carbocycles. The first kappa shape index (κ1) is 25.9. The highest BCUT2D eigenvalue weighted by Crippen LogP contribution is 2.37. The number of nitriles is 1. The van der Waals surface area contributed by atoms with Crippen LogP contribution in [0.25, 0.3) is 10.9 Å². The van der Waals surface area contributed by atoms with E-state index in [1.54, 1.807) is 29.1 Å². The molecule has 40 heavy (non-hydrogen) atoms. The normalized spacial score (nSPS) is 21.8. The second-order valence-electron chi connectivity index (χ2n) is 11.0. The molecule has 3 aliphatic heterocycles. The smallest absolute Gasteiger partial charge is 0.407 e. The van der Waals surface area contributed by atoms with Crippen molar-refractivity contribution < 1.29 is 19.4 Å². The van der Waals surface area contributed by atoms with E-state index in [0.29, 0.717) is 53.9 Å². The number of carbonyl (C=O) groups is 2. The van der Waals surface area contributed by atoms with Gasteiger partial charge in [0.15, 0.2) is 5.82 Å². The van der Waals surface area contributed by atoms with Crippen molar-refractivity contribution in [1.82, 2.24) is 24.6 Å². The predicted molar refractivity (Wildman–Crippen MR) is 146 cm³/mol. The molecule has 2 amide bonds. The summed E-state index contributed by atoms with van der Waals surface area (Å²) in [6.07, 6.45) is 3.69. The topological polar surface area (TPSA) is 157 Å². The van der Waals surface area contributed by atoms with Gasteiger partial charge < -0.3 is 29.9 Å². The Morgan fingerprint density at radius 3 is 2.58 bits per heavy atom. The molecule has 12 heteroatoms. The quantitative estimate of drug-likeness (QED) is 0.441. The van der Waals surface area contributed by atoms with Crippen LogP contribution in [0.2, 0.25) is 0 Å². The number of likely N-dealkylation sites (tertiary alicyclic amines) is 2. The number of carbonyl (C=O) groups excluding carboxylic acids is 1. The van der Waals surface area contributed by atoms with Gasteiger partial charge in [-0.15, -0.1) is 0 Å². The number of anilines is 2. The number of amides is 2. The van der Waals surface area contributed by atoms with Gasteiger partial charge in [0.05, 0.1) is 35.8 Å². The van der Waals surface area contributed by atoms with E-state index in [0.717, 1.165) is 18.4 Å². The van der Waals surface area contributed by atoms with E-state index >= 15 is 0 Å². The molecule has 0 saturated carbocycles. The highest BCUT2D eigenvalue weighted by Gasteiger charge is 2.40. The first-order chi connectivity index (χ1) is 19.3. The van der Waals surface area contributed by atoms with Gasteiger partial charge in [0.1, 0.15) is 5.39 Å². The standard InChI is InChI=1S/C28H31N7O5/c1-17-14-18(2-5-21(17)26(37)34-15-19-3-4-20(16-34)40-19)31-24-23-22(6-11-30-25(23)36)35(32-24)28(7-10-29)8-12-33(13-9-28)27(38)39/h2,5-6,11,14,19-20H,3-4,7-9,12-13,15-16H2,1H3,(H,30,36)(H,31,32)(H,38,39). The molecule has 208 valence electrons. The number of carboxylic acid groups (broad SMARTS) is 1. The molecule has 3 fully saturated rings. The Hall–Kier alpha value is -4.37. The third-order valence-corrected chi connectivity index (χ3v) is 8.48. The highest BCUT2D eigenvalue weighted by molar-refractivity contribution is 5.97. The third kappa shape index (κ3) is 4.46. The van der Waals surface area contributed by atoms with Gasteiger partial charge in [0.2, 0.25) is 0 Å². The maximum atomic E-state index is 13.3. The first-order valence-corrected chi connectivity index (χ1v) is 13.6. The number of aromatic amines is 1. The molecule has 1 aromatic carbocycles. The number of fused-ring (bicyclic) bond motifs is 3. The Morgan fingerprint density at radius 1 is 1.20 bits per heavy atom. The molecule has 2 unspecified atom stereocenters. The zero-order valence-electron chi connectivity index (χ0n) is 22.2. The monoisotopic (exact) mass is 545 g/mol. The Kier molecular flexibility index (Phi) is 6.46. The number of aromatic nitrogens is 3. The lowest BCUT2D eigenvalue weighted by atomic mass is 9.85. The van der Waals surface area contributed by atoms with Crippen molar-refractivity contribution in [1.29, 1.82) is 5.26 Å². The maximum absolute atomic E-state index is 13.3. The van der Waals surface area contributed by atoms with Crippen LogP contribution in [0.1, 0.15) is 48.0 Å². The van der Waals surface area contributed by atoms with E-state index in [2.05, 4.69) is 16.4 Å². The number of H-pyrrole nitrogens is 1. The summed E-state index contributed by atoms with van der Waals surface area (Å²) in [6, 6.07) is 9.45. The summed E-state index contributed by atoms with van der Waals surface area (Å²) in [6.45, 7) is 3.63. The van der Waals surface area contributed by atoms with Crippen molar-refractivity contribution in [2.75, 3.05) is 31.5 Å². The van der Waals surface area contributed by atoms with Crippen molar-refractivity contribution in [3.05, 3.63) is 51.9 Å². The molecular formula is C28H31N7O5. The molecule has 2 atom stereocenters. The van der Waals surface area contributed by atoms with Crippen LogP contribution < -0.4 is 10.9 Å². The van der Waals surface area contributed by atoms with Crippen molar-refractivity contribution in [3.63, 3.8) is 0 Å². The summed E-state index contributed by atoms with van der Waals surface area (Å²) in [5, 5.41) is 27.5. The largest absolute Gasteiger partial charge is 0.465 e. The average molecular weight is 546 g/mol. The number of hydrogen-bond acceptors (Lipinski definition) is 7.